The van der Waals surface area contributed by atoms with E-state index in [4.69, 9.17) is 11.6 Å². The molecule has 0 saturated heterocycles. The standard InChI is InChI=1S/C22H18ClN3O2S/c1-13(20(27)25-18-11-7-6-10-17(18)23)26-14(2)24-21-16(22(26)28)12-19(29-21)15-8-4-3-5-9-15/h3-13H,1-2H3,(H,25,27). The molecule has 0 aliphatic heterocycles. The molecule has 2 aromatic carbocycles. The van der Waals surface area contributed by atoms with Gasteiger partial charge in [-0.3, -0.25) is 14.2 Å². The van der Waals surface area contributed by atoms with E-state index >= 15 is 0 Å². The zero-order valence-corrected chi connectivity index (χ0v) is 17.4. The highest BCUT2D eigenvalue weighted by atomic mass is 35.5. The maximum absolute atomic E-state index is 13.2. The average molecular weight is 424 g/mol. The molecule has 4 rings (SSSR count). The van der Waals surface area contributed by atoms with Crippen molar-refractivity contribution in [3.05, 3.63) is 81.9 Å². The van der Waals surface area contributed by atoms with Crippen molar-refractivity contribution in [2.75, 3.05) is 5.32 Å². The van der Waals surface area contributed by atoms with Gasteiger partial charge in [-0.1, -0.05) is 54.1 Å². The summed E-state index contributed by atoms with van der Waals surface area (Å²) in [6.07, 6.45) is 0. The second-order valence-electron chi connectivity index (χ2n) is 6.67. The molecule has 1 unspecified atom stereocenters. The molecule has 0 fully saturated rings. The van der Waals surface area contributed by atoms with Crippen LogP contribution in [0.3, 0.4) is 0 Å². The quantitative estimate of drug-likeness (QED) is 0.485. The summed E-state index contributed by atoms with van der Waals surface area (Å²) >= 11 is 7.60. The summed E-state index contributed by atoms with van der Waals surface area (Å²) in [7, 11) is 0. The number of halogens is 1. The highest BCUT2D eigenvalue weighted by Crippen LogP contribution is 2.31. The minimum Gasteiger partial charge on any atom is -0.323 e. The summed E-state index contributed by atoms with van der Waals surface area (Å²) in [6.45, 7) is 3.42. The van der Waals surface area contributed by atoms with E-state index in [-0.39, 0.29) is 11.5 Å². The molecule has 146 valence electrons. The largest absolute Gasteiger partial charge is 0.323 e. The Hall–Kier alpha value is -2.96. The Morgan fingerprint density at radius 3 is 2.55 bits per heavy atom. The fourth-order valence-corrected chi connectivity index (χ4v) is 4.47. The minimum absolute atomic E-state index is 0.229. The fourth-order valence-electron chi connectivity index (χ4n) is 3.21. The third-order valence-electron chi connectivity index (χ3n) is 4.73. The van der Waals surface area contributed by atoms with Gasteiger partial charge in [0.1, 0.15) is 16.7 Å². The highest BCUT2D eigenvalue weighted by Gasteiger charge is 2.22. The molecule has 1 amide bonds. The zero-order chi connectivity index (χ0) is 20.5. The number of nitrogens with one attached hydrogen (secondary N) is 1. The first kappa shape index (κ1) is 19.4. The maximum Gasteiger partial charge on any atom is 0.263 e. The van der Waals surface area contributed by atoms with Gasteiger partial charge >= 0.3 is 0 Å². The minimum atomic E-state index is -0.740. The molecule has 0 aliphatic carbocycles. The van der Waals surface area contributed by atoms with Crippen molar-refractivity contribution in [2.24, 2.45) is 0 Å². The summed E-state index contributed by atoms with van der Waals surface area (Å²) in [4.78, 5) is 32.2. The van der Waals surface area contributed by atoms with Crippen molar-refractivity contribution in [3.8, 4) is 10.4 Å². The summed E-state index contributed by atoms with van der Waals surface area (Å²) in [6, 6.07) is 17.9. The van der Waals surface area contributed by atoms with Gasteiger partial charge < -0.3 is 5.32 Å². The lowest BCUT2D eigenvalue weighted by atomic mass is 10.2. The number of benzene rings is 2. The van der Waals surface area contributed by atoms with E-state index in [1.807, 2.05) is 36.4 Å². The van der Waals surface area contributed by atoms with E-state index in [9.17, 15) is 9.59 Å². The Kier molecular flexibility index (Phi) is 5.22. The highest BCUT2D eigenvalue weighted by molar-refractivity contribution is 7.21. The topological polar surface area (TPSA) is 64.0 Å². The Morgan fingerprint density at radius 2 is 1.83 bits per heavy atom. The molecule has 0 spiro atoms. The second kappa shape index (κ2) is 7.81. The lowest BCUT2D eigenvalue weighted by Gasteiger charge is -2.17. The first-order valence-electron chi connectivity index (χ1n) is 9.09. The zero-order valence-electron chi connectivity index (χ0n) is 15.8. The lowest BCUT2D eigenvalue weighted by molar-refractivity contribution is -0.118. The summed E-state index contributed by atoms with van der Waals surface area (Å²) < 4.78 is 1.43. The second-order valence-corrected chi connectivity index (χ2v) is 8.11. The van der Waals surface area contributed by atoms with Crippen molar-refractivity contribution in [1.29, 1.82) is 0 Å². The van der Waals surface area contributed by atoms with Crippen LogP contribution in [-0.2, 0) is 4.79 Å². The van der Waals surface area contributed by atoms with Crippen molar-refractivity contribution in [2.45, 2.75) is 19.9 Å². The number of hydrogen-bond acceptors (Lipinski definition) is 4. The monoisotopic (exact) mass is 423 g/mol. The molecule has 2 aromatic heterocycles. The lowest BCUT2D eigenvalue weighted by Crippen LogP contribution is -2.33. The van der Waals surface area contributed by atoms with Crippen LogP contribution in [0.15, 0.2) is 65.5 Å². The summed E-state index contributed by atoms with van der Waals surface area (Å²) in [5.74, 6) is 0.161. The normalized spacial score (nSPS) is 12.1. The molecule has 1 atom stereocenters. The van der Waals surface area contributed by atoms with E-state index in [1.54, 1.807) is 38.1 Å². The number of rotatable bonds is 4. The number of thiophene rings is 1. The summed E-state index contributed by atoms with van der Waals surface area (Å²) in [5, 5.41) is 3.74. The smallest absolute Gasteiger partial charge is 0.263 e. The van der Waals surface area contributed by atoms with E-state index in [2.05, 4.69) is 10.3 Å². The van der Waals surface area contributed by atoms with Gasteiger partial charge in [0.05, 0.1) is 16.1 Å². The van der Waals surface area contributed by atoms with E-state index < -0.39 is 6.04 Å². The number of amides is 1. The number of carbonyl (C=O) groups excluding carboxylic acids is 1. The molecule has 0 aliphatic rings. The van der Waals surface area contributed by atoms with Crippen LogP contribution in [-0.4, -0.2) is 15.5 Å². The number of para-hydroxylation sites is 1. The number of fused-ring (bicyclic) bond motifs is 1. The molecule has 5 nitrogen and oxygen atoms in total. The van der Waals surface area contributed by atoms with E-state index in [0.29, 0.717) is 26.8 Å². The van der Waals surface area contributed by atoms with Gasteiger partial charge in [0, 0.05) is 4.88 Å². The molecule has 7 heteroatoms. The van der Waals surface area contributed by atoms with Gasteiger partial charge in [-0.15, -0.1) is 11.3 Å². The van der Waals surface area contributed by atoms with Gasteiger partial charge in [0.25, 0.3) is 5.56 Å². The van der Waals surface area contributed by atoms with Gasteiger partial charge in [0.15, 0.2) is 0 Å². The number of carbonyl (C=O) groups is 1. The van der Waals surface area contributed by atoms with Crippen LogP contribution in [0.2, 0.25) is 5.02 Å². The molecule has 4 aromatic rings. The summed E-state index contributed by atoms with van der Waals surface area (Å²) in [5.41, 5.74) is 1.31. The Bertz CT molecular complexity index is 1260. The van der Waals surface area contributed by atoms with Crippen molar-refractivity contribution in [1.82, 2.24) is 9.55 Å². The van der Waals surface area contributed by atoms with Gasteiger partial charge in [-0.25, -0.2) is 4.98 Å². The molecule has 0 radical (unpaired) electrons. The fraction of sp³-hybridized carbons (Fsp3) is 0.136. The molecular formula is C22H18ClN3O2S. The van der Waals surface area contributed by atoms with Crippen molar-refractivity contribution >= 4 is 44.7 Å². The molecule has 1 N–H and O–H groups in total. The SMILES string of the molecule is Cc1nc2sc(-c3ccccc3)cc2c(=O)n1C(C)C(=O)Nc1ccccc1Cl. The van der Waals surface area contributed by atoms with E-state index in [0.717, 1.165) is 10.4 Å². The Morgan fingerprint density at radius 1 is 1.14 bits per heavy atom. The van der Waals surface area contributed by atoms with Gasteiger partial charge in [-0.2, -0.15) is 0 Å². The van der Waals surface area contributed by atoms with Crippen LogP contribution in [0.25, 0.3) is 20.7 Å². The first-order valence-corrected chi connectivity index (χ1v) is 10.3. The maximum atomic E-state index is 13.2. The number of nitrogens with zero attached hydrogens (tertiary/aromatic N) is 2. The van der Waals surface area contributed by atoms with Crippen LogP contribution in [0.1, 0.15) is 18.8 Å². The van der Waals surface area contributed by atoms with Crippen LogP contribution in [0.5, 0.6) is 0 Å². The molecule has 0 bridgehead atoms. The number of anilines is 1. The van der Waals surface area contributed by atoms with Crippen LogP contribution < -0.4 is 10.9 Å². The van der Waals surface area contributed by atoms with Crippen LogP contribution in [0.4, 0.5) is 5.69 Å². The van der Waals surface area contributed by atoms with Gasteiger partial charge in [-0.05, 0) is 37.6 Å². The van der Waals surface area contributed by atoms with E-state index in [1.165, 1.54) is 15.9 Å². The first-order chi connectivity index (χ1) is 14.0. The number of aromatic nitrogens is 2. The van der Waals surface area contributed by atoms with Crippen LogP contribution >= 0.6 is 22.9 Å². The van der Waals surface area contributed by atoms with Crippen molar-refractivity contribution < 1.29 is 4.79 Å². The van der Waals surface area contributed by atoms with Crippen molar-refractivity contribution in [3.63, 3.8) is 0 Å². The average Bonchev–Trinajstić information content (AvgIpc) is 3.14. The number of aryl methyl sites for hydroxylation is 1. The van der Waals surface area contributed by atoms with Crippen LogP contribution in [0, 0.1) is 6.92 Å². The predicted molar refractivity (Wildman–Crippen MR) is 119 cm³/mol. The number of hydrogen-bond donors (Lipinski definition) is 1. The molecule has 2 heterocycles. The third kappa shape index (κ3) is 3.69. The third-order valence-corrected chi connectivity index (χ3v) is 6.14. The predicted octanol–water partition coefficient (Wildman–Crippen LogP) is 5.29. The molecule has 0 saturated carbocycles. The molecular weight excluding hydrogens is 406 g/mol. The Labute approximate surface area is 176 Å². The molecule has 29 heavy (non-hydrogen) atoms. The Balaban J connectivity index is 1.72. The van der Waals surface area contributed by atoms with Gasteiger partial charge in [0.2, 0.25) is 5.91 Å².